The van der Waals surface area contributed by atoms with Gasteiger partial charge in [0.1, 0.15) is 0 Å². The van der Waals surface area contributed by atoms with E-state index in [9.17, 15) is 0 Å². The molecule has 0 aromatic rings. The molecule has 2 heteroatoms. The van der Waals surface area contributed by atoms with Crippen molar-refractivity contribution in [3.63, 3.8) is 0 Å². The Kier molecular flexibility index (Phi) is 6.37. The first-order chi connectivity index (χ1) is 7.61. The van der Waals surface area contributed by atoms with Gasteiger partial charge in [-0.2, -0.15) is 0 Å². The topological polar surface area (TPSA) is 6.48 Å². The number of piperazine rings is 1. The van der Waals surface area contributed by atoms with Crippen LogP contribution in [-0.2, 0) is 0 Å². The molecule has 0 radical (unpaired) electrons. The summed E-state index contributed by atoms with van der Waals surface area (Å²) in [6.07, 6.45) is 2.70. The van der Waals surface area contributed by atoms with E-state index in [2.05, 4.69) is 37.5 Å². The number of hydrogen-bond acceptors (Lipinski definition) is 2. The van der Waals surface area contributed by atoms with Crippen molar-refractivity contribution in [2.24, 2.45) is 11.8 Å². The molecule has 0 aliphatic carbocycles. The van der Waals surface area contributed by atoms with E-state index < -0.39 is 0 Å². The summed E-state index contributed by atoms with van der Waals surface area (Å²) in [5, 5.41) is 0. The highest BCUT2D eigenvalue weighted by molar-refractivity contribution is 4.73. The third kappa shape index (κ3) is 5.31. The van der Waals surface area contributed by atoms with E-state index in [4.69, 9.17) is 0 Å². The molecule has 1 atom stereocenters. The molecule has 2 nitrogen and oxygen atoms in total. The van der Waals surface area contributed by atoms with Crippen LogP contribution in [0, 0.1) is 11.8 Å². The Morgan fingerprint density at radius 2 is 1.50 bits per heavy atom. The molecule has 1 aliphatic rings. The lowest BCUT2D eigenvalue weighted by Crippen LogP contribution is -2.47. The van der Waals surface area contributed by atoms with Crippen molar-refractivity contribution >= 4 is 0 Å². The molecule has 1 aliphatic heterocycles. The van der Waals surface area contributed by atoms with E-state index in [1.165, 1.54) is 52.1 Å². The lowest BCUT2D eigenvalue weighted by molar-refractivity contribution is 0.118. The zero-order valence-electron chi connectivity index (χ0n) is 11.7. The van der Waals surface area contributed by atoms with Gasteiger partial charge in [-0.1, -0.05) is 34.1 Å². The Hall–Kier alpha value is -0.0800. The molecule has 0 N–H and O–H groups in total. The standard InChI is InChI=1S/C14H30N2/c1-5-14(4)6-7-15-8-10-16(11-9-15)12-13(2)3/h13-14H,5-12H2,1-4H3. The second kappa shape index (κ2) is 7.29. The van der Waals surface area contributed by atoms with E-state index in [1.54, 1.807) is 0 Å². The van der Waals surface area contributed by atoms with E-state index in [-0.39, 0.29) is 0 Å². The third-order valence-electron chi connectivity index (χ3n) is 3.72. The minimum Gasteiger partial charge on any atom is -0.301 e. The monoisotopic (exact) mass is 226 g/mol. The van der Waals surface area contributed by atoms with Crippen molar-refractivity contribution in [2.75, 3.05) is 39.3 Å². The van der Waals surface area contributed by atoms with Crippen LogP contribution in [0.25, 0.3) is 0 Å². The van der Waals surface area contributed by atoms with Crippen LogP contribution in [0.5, 0.6) is 0 Å². The Bertz CT molecular complexity index is 172. The van der Waals surface area contributed by atoms with Crippen molar-refractivity contribution in [3.05, 3.63) is 0 Å². The van der Waals surface area contributed by atoms with Gasteiger partial charge in [-0.05, 0) is 24.8 Å². The van der Waals surface area contributed by atoms with Crippen LogP contribution in [0.3, 0.4) is 0 Å². The van der Waals surface area contributed by atoms with Crippen LogP contribution in [0.2, 0.25) is 0 Å². The van der Waals surface area contributed by atoms with Gasteiger partial charge in [0, 0.05) is 32.7 Å². The fourth-order valence-corrected chi connectivity index (χ4v) is 2.32. The summed E-state index contributed by atoms with van der Waals surface area (Å²) in [5.74, 6) is 1.71. The van der Waals surface area contributed by atoms with Gasteiger partial charge in [-0.15, -0.1) is 0 Å². The predicted molar refractivity (Wildman–Crippen MR) is 71.8 cm³/mol. The maximum atomic E-state index is 2.64. The molecule has 1 unspecified atom stereocenters. The highest BCUT2D eigenvalue weighted by Crippen LogP contribution is 2.10. The SMILES string of the molecule is CCC(C)CCN1CCN(CC(C)C)CC1. The molecule has 0 amide bonds. The molecule has 0 aromatic heterocycles. The van der Waals surface area contributed by atoms with Gasteiger partial charge in [0.2, 0.25) is 0 Å². The van der Waals surface area contributed by atoms with Gasteiger partial charge in [0.25, 0.3) is 0 Å². The van der Waals surface area contributed by atoms with E-state index >= 15 is 0 Å². The van der Waals surface area contributed by atoms with Crippen molar-refractivity contribution in [3.8, 4) is 0 Å². The van der Waals surface area contributed by atoms with Crippen LogP contribution < -0.4 is 0 Å². The van der Waals surface area contributed by atoms with Crippen molar-refractivity contribution in [2.45, 2.75) is 40.5 Å². The average Bonchev–Trinajstić information content (AvgIpc) is 2.27. The number of hydrogen-bond donors (Lipinski definition) is 0. The first-order valence-electron chi connectivity index (χ1n) is 7.06. The van der Waals surface area contributed by atoms with Crippen molar-refractivity contribution in [1.82, 2.24) is 9.80 Å². The Balaban J connectivity index is 2.12. The van der Waals surface area contributed by atoms with Gasteiger partial charge in [0.15, 0.2) is 0 Å². The molecule has 1 rings (SSSR count). The molecular formula is C14H30N2. The summed E-state index contributed by atoms with van der Waals surface area (Å²) in [7, 11) is 0. The average molecular weight is 226 g/mol. The van der Waals surface area contributed by atoms with Gasteiger partial charge in [-0.3, -0.25) is 0 Å². The molecule has 0 bridgehead atoms. The fraction of sp³-hybridized carbons (Fsp3) is 1.00. The molecule has 0 saturated carbocycles. The van der Waals surface area contributed by atoms with Crippen molar-refractivity contribution in [1.29, 1.82) is 0 Å². The lowest BCUT2D eigenvalue weighted by atomic mass is 10.0. The molecule has 1 heterocycles. The minimum atomic E-state index is 0.812. The van der Waals surface area contributed by atoms with Crippen molar-refractivity contribution < 1.29 is 0 Å². The lowest BCUT2D eigenvalue weighted by Gasteiger charge is -2.35. The summed E-state index contributed by atoms with van der Waals surface area (Å²) < 4.78 is 0. The third-order valence-corrected chi connectivity index (χ3v) is 3.72. The minimum absolute atomic E-state index is 0.812. The highest BCUT2D eigenvalue weighted by atomic mass is 15.3. The quantitative estimate of drug-likeness (QED) is 0.687. The van der Waals surface area contributed by atoms with Gasteiger partial charge >= 0.3 is 0 Å². The smallest absolute Gasteiger partial charge is 0.0110 e. The maximum absolute atomic E-state index is 2.64. The Morgan fingerprint density at radius 1 is 0.938 bits per heavy atom. The summed E-state index contributed by atoms with van der Waals surface area (Å²) in [6, 6.07) is 0. The summed E-state index contributed by atoms with van der Waals surface area (Å²) in [5.41, 5.74) is 0. The van der Waals surface area contributed by atoms with Crippen LogP contribution >= 0.6 is 0 Å². The van der Waals surface area contributed by atoms with Gasteiger partial charge < -0.3 is 9.80 Å². The summed E-state index contributed by atoms with van der Waals surface area (Å²) in [4.78, 5) is 5.26. The number of nitrogens with zero attached hydrogens (tertiary/aromatic N) is 2. The molecule has 96 valence electrons. The second-order valence-corrected chi connectivity index (χ2v) is 5.84. The molecule has 0 spiro atoms. The van der Waals surface area contributed by atoms with E-state index in [0.717, 1.165) is 11.8 Å². The molecular weight excluding hydrogens is 196 g/mol. The first kappa shape index (κ1) is 14.0. The largest absolute Gasteiger partial charge is 0.301 e. The summed E-state index contributed by atoms with van der Waals surface area (Å²) >= 11 is 0. The van der Waals surface area contributed by atoms with Crippen LogP contribution in [0.1, 0.15) is 40.5 Å². The second-order valence-electron chi connectivity index (χ2n) is 5.84. The number of rotatable bonds is 6. The maximum Gasteiger partial charge on any atom is 0.0110 e. The zero-order chi connectivity index (χ0) is 12.0. The first-order valence-corrected chi connectivity index (χ1v) is 7.06. The zero-order valence-corrected chi connectivity index (χ0v) is 11.7. The molecule has 1 saturated heterocycles. The molecule has 0 aromatic carbocycles. The Labute approximate surface area is 102 Å². The van der Waals surface area contributed by atoms with E-state index in [1.807, 2.05) is 0 Å². The van der Waals surface area contributed by atoms with Gasteiger partial charge in [0.05, 0.1) is 0 Å². The molecule has 16 heavy (non-hydrogen) atoms. The van der Waals surface area contributed by atoms with Gasteiger partial charge in [-0.25, -0.2) is 0 Å². The van der Waals surface area contributed by atoms with Crippen LogP contribution in [0.4, 0.5) is 0 Å². The summed E-state index contributed by atoms with van der Waals surface area (Å²) in [6.45, 7) is 17.0. The van der Waals surface area contributed by atoms with Crippen LogP contribution in [-0.4, -0.2) is 49.1 Å². The van der Waals surface area contributed by atoms with E-state index in [0.29, 0.717) is 0 Å². The highest BCUT2D eigenvalue weighted by Gasteiger charge is 2.17. The Morgan fingerprint density at radius 3 is 2.00 bits per heavy atom. The predicted octanol–water partition coefficient (Wildman–Crippen LogP) is 2.70. The normalized spacial score (nSPS) is 21.6. The molecule has 1 fully saturated rings. The van der Waals surface area contributed by atoms with Crippen LogP contribution in [0.15, 0.2) is 0 Å². The fourth-order valence-electron chi connectivity index (χ4n) is 2.32.